The summed E-state index contributed by atoms with van der Waals surface area (Å²) in [5, 5.41) is 0.954. The zero-order chi connectivity index (χ0) is 13.2. The van der Waals surface area contributed by atoms with E-state index in [2.05, 4.69) is 15.4 Å². The maximum Gasteiger partial charge on any atom is 0.267 e. The molecule has 6 heteroatoms. The molecule has 2 aromatic heterocycles. The molecule has 2 heterocycles. The Hall–Kier alpha value is -2.89. The lowest BCUT2D eigenvalue weighted by atomic mass is 10.2. The standard InChI is InChI=1S/C13H11N5O/c14-12(19)11-6-3-7-18(11)17-13-15-8-9-4-1-2-5-10(9)16-13/h1-8H,(H2,14,19)(H,15,16,17). The van der Waals surface area contributed by atoms with Gasteiger partial charge < -0.3 is 5.73 Å². The minimum Gasteiger partial charge on any atom is -0.364 e. The van der Waals surface area contributed by atoms with E-state index in [9.17, 15) is 4.79 Å². The van der Waals surface area contributed by atoms with E-state index in [1.807, 2.05) is 24.3 Å². The normalized spacial score (nSPS) is 10.5. The third-order valence-electron chi connectivity index (χ3n) is 2.71. The third-order valence-corrected chi connectivity index (χ3v) is 2.71. The third kappa shape index (κ3) is 2.11. The average molecular weight is 253 g/mol. The largest absolute Gasteiger partial charge is 0.364 e. The number of nitrogens with one attached hydrogen (secondary N) is 1. The van der Waals surface area contributed by atoms with Gasteiger partial charge in [0.2, 0.25) is 5.95 Å². The van der Waals surface area contributed by atoms with E-state index in [1.165, 1.54) is 4.68 Å². The van der Waals surface area contributed by atoms with Crippen molar-refractivity contribution in [2.75, 3.05) is 5.43 Å². The number of fused-ring (bicyclic) bond motifs is 1. The first kappa shape index (κ1) is 11.2. The van der Waals surface area contributed by atoms with Gasteiger partial charge in [0.1, 0.15) is 5.69 Å². The summed E-state index contributed by atoms with van der Waals surface area (Å²) in [5.74, 6) is -0.115. The van der Waals surface area contributed by atoms with Crippen molar-refractivity contribution in [3.63, 3.8) is 0 Å². The van der Waals surface area contributed by atoms with Crippen LogP contribution in [0.5, 0.6) is 0 Å². The number of hydrogen-bond donors (Lipinski definition) is 2. The highest BCUT2D eigenvalue weighted by Gasteiger charge is 2.07. The van der Waals surface area contributed by atoms with E-state index >= 15 is 0 Å². The van der Waals surface area contributed by atoms with Crippen LogP contribution in [0.25, 0.3) is 10.9 Å². The van der Waals surface area contributed by atoms with Crippen molar-refractivity contribution in [3.8, 4) is 0 Å². The molecule has 1 amide bonds. The van der Waals surface area contributed by atoms with E-state index in [-0.39, 0.29) is 0 Å². The Kier molecular flexibility index (Phi) is 2.60. The fourth-order valence-electron chi connectivity index (χ4n) is 1.81. The molecule has 3 rings (SSSR count). The number of anilines is 1. The predicted molar refractivity (Wildman–Crippen MR) is 71.5 cm³/mol. The Morgan fingerprint density at radius 3 is 2.89 bits per heavy atom. The lowest BCUT2D eigenvalue weighted by Gasteiger charge is -2.09. The summed E-state index contributed by atoms with van der Waals surface area (Å²) in [6.07, 6.45) is 3.40. The summed E-state index contributed by atoms with van der Waals surface area (Å²) in [7, 11) is 0. The molecule has 3 aromatic rings. The van der Waals surface area contributed by atoms with Crippen LogP contribution in [-0.2, 0) is 0 Å². The molecule has 0 radical (unpaired) electrons. The van der Waals surface area contributed by atoms with Gasteiger partial charge in [0.15, 0.2) is 0 Å². The summed E-state index contributed by atoms with van der Waals surface area (Å²) in [5.41, 5.74) is 9.35. The van der Waals surface area contributed by atoms with E-state index in [1.54, 1.807) is 24.5 Å². The van der Waals surface area contributed by atoms with Crippen molar-refractivity contribution >= 4 is 22.8 Å². The molecule has 0 aliphatic carbocycles. The van der Waals surface area contributed by atoms with Crippen LogP contribution in [0.2, 0.25) is 0 Å². The molecule has 0 spiro atoms. The Morgan fingerprint density at radius 2 is 2.05 bits per heavy atom. The Morgan fingerprint density at radius 1 is 1.21 bits per heavy atom. The van der Waals surface area contributed by atoms with Crippen LogP contribution in [0.3, 0.4) is 0 Å². The second kappa shape index (κ2) is 4.41. The number of hydrogen-bond acceptors (Lipinski definition) is 4. The Balaban J connectivity index is 1.97. The fourth-order valence-corrected chi connectivity index (χ4v) is 1.81. The zero-order valence-corrected chi connectivity index (χ0v) is 9.95. The topological polar surface area (TPSA) is 85.8 Å². The second-order valence-corrected chi connectivity index (χ2v) is 3.99. The molecule has 6 nitrogen and oxygen atoms in total. The summed E-state index contributed by atoms with van der Waals surface area (Å²) < 4.78 is 1.49. The summed E-state index contributed by atoms with van der Waals surface area (Å²) in [6, 6.07) is 11.0. The first-order valence-electron chi connectivity index (χ1n) is 5.70. The molecule has 0 saturated heterocycles. The monoisotopic (exact) mass is 253 g/mol. The number of amides is 1. The SMILES string of the molecule is NC(=O)c1cccn1Nc1ncc2ccccc2n1. The van der Waals surface area contributed by atoms with Gasteiger partial charge in [-0.1, -0.05) is 18.2 Å². The summed E-state index contributed by atoms with van der Waals surface area (Å²) in [6.45, 7) is 0. The maximum absolute atomic E-state index is 11.2. The number of rotatable bonds is 3. The molecular formula is C13H11N5O. The number of primary amides is 1. The fraction of sp³-hybridized carbons (Fsp3) is 0. The highest BCUT2D eigenvalue weighted by molar-refractivity contribution is 5.91. The minimum atomic E-state index is -0.515. The van der Waals surface area contributed by atoms with Crippen molar-refractivity contribution in [1.29, 1.82) is 0 Å². The molecule has 0 bridgehead atoms. The van der Waals surface area contributed by atoms with Crippen LogP contribution in [0.15, 0.2) is 48.8 Å². The molecule has 19 heavy (non-hydrogen) atoms. The van der Waals surface area contributed by atoms with Crippen LogP contribution >= 0.6 is 0 Å². The molecule has 0 aliphatic rings. The first-order valence-corrected chi connectivity index (χ1v) is 5.70. The molecular weight excluding hydrogens is 242 g/mol. The number of aromatic nitrogens is 3. The van der Waals surface area contributed by atoms with E-state index < -0.39 is 5.91 Å². The molecule has 0 aliphatic heterocycles. The number of carbonyl (C=O) groups is 1. The van der Waals surface area contributed by atoms with Gasteiger partial charge in [0.25, 0.3) is 5.91 Å². The summed E-state index contributed by atoms with van der Waals surface area (Å²) >= 11 is 0. The molecule has 0 unspecified atom stereocenters. The zero-order valence-electron chi connectivity index (χ0n) is 9.95. The van der Waals surface area contributed by atoms with Gasteiger partial charge in [-0.15, -0.1) is 0 Å². The van der Waals surface area contributed by atoms with Gasteiger partial charge in [0, 0.05) is 17.8 Å². The smallest absolute Gasteiger partial charge is 0.267 e. The van der Waals surface area contributed by atoms with Gasteiger partial charge in [0.05, 0.1) is 5.52 Å². The second-order valence-electron chi connectivity index (χ2n) is 3.99. The number of para-hydroxylation sites is 1. The first-order chi connectivity index (χ1) is 9.24. The van der Waals surface area contributed by atoms with Crippen LogP contribution in [0.1, 0.15) is 10.5 Å². The lowest BCUT2D eigenvalue weighted by Crippen LogP contribution is -2.21. The van der Waals surface area contributed by atoms with E-state index in [0.29, 0.717) is 11.6 Å². The Labute approximate surface area is 108 Å². The van der Waals surface area contributed by atoms with Gasteiger partial charge >= 0.3 is 0 Å². The summed E-state index contributed by atoms with van der Waals surface area (Å²) in [4.78, 5) is 19.7. The van der Waals surface area contributed by atoms with Crippen molar-refractivity contribution in [1.82, 2.24) is 14.6 Å². The van der Waals surface area contributed by atoms with Gasteiger partial charge in [-0.3, -0.25) is 14.9 Å². The number of carbonyl (C=O) groups excluding carboxylic acids is 1. The van der Waals surface area contributed by atoms with Crippen LogP contribution in [0.4, 0.5) is 5.95 Å². The van der Waals surface area contributed by atoms with E-state index in [0.717, 1.165) is 10.9 Å². The Bertz CT molecular complexity index is 749. The highest BCUT2D eigenvalue weighted by atomic mass is 16.1. The van der Waals surface area contributed by atoms with Gasteiger partial charge in [-0.25, -0.2) is 9.97 Å². The van der Waals surface area contributed by atoms with Crippen molar-refractivity contribution in [2.45, 2.75) is 0 Å². The minimum absolute atomic E-state index is 0.344. The number of benzene rings is 1. The average Bonchev–Trinajstić information content (AvgIpc) is 2.87. The number of nitrogens with zero attached hydrogens (tertiary/aromatic N) is 3. The van der Waals surface area contributed by atoms with Crippen molar-refractivity contribution < 1.29 is 4.79 Å². The highest BCUT2D eigenvalue weighted by Crippen LogP contribution is 2.12. The van der Waals surface area contributed by atoms with Gasteiger partial charge in [-0.05, 0) is 18.2 Å². The predicted octanol–water partition coefficient (Wildman–Crippen LogP) is 1.41. The van der Waals surface area contributed by atoms with Crippen LogP contribution < -0.4 is 11.2 Å². The number of nitrogens with two attached hydrogens (primary N) is 1. The maximum atomic E-state index is 11.2. The van der Waals surface area contributed by atoms with Crippen LogP contribution in [-0.4, -0.2) is 20.6 Å². The lowest BCUT2D eigenvalue weighted by molar-refractivity contribution is 0.0993. The van der Waals surface area contributed by atoms with Crippen LogP contribution in [0, 0.1) is 0 Å². The van der Waals surface area contributed by atoms with Crippen molar-refractivity contribution in [2.24, 2.45) is 5.73 Å². The van der Waals surface area contributed by atoms with Gasteiger partial charge in [-0.2, -0.15) is 0 Å². The molecule has 3 N–H and O–H groups in total. The molecule has 0 saturated carbocycles. The molecule has 1 aromatic carbocycles. The van der Waals surface area contributed by atoms with Crippen molar-refractivity contribution in [3.05, 3.63) is 54.5 Å². The molecule has 94 valence electrons. The quantitative estimate of drug-likeness (QED) is 0.738. The molecule has 0 fully saturated rings. The van der Waals surface area contributed by atoms with E-state index in [4.69, 9.17) is 5.73 Å². The molecule has 0 atom stereocenters.